The van der Waals surface area contributed by atoms with Crippen molar-refractivity contribution in [2.75, 3.05) is 53.3 Å². The van der Waals surface area contributed by atoms with Crippen LogP contribution in [0.4, 0.5) is 4.79 Å². The van der Waals surface area contributed by atoms with E-state index < -0.39 is 29.4 Å². The van der Waals surface area contributed by atoms with Crippen molar-refractivity contribution in [3.63, 3.8) is 0 Å². The van der Waals surface area contributed by atoms with Gasteiger partial charge in [0.15, 0.2) is 0 Å². The molecule has 5 rings (SSSR count). The number of ether oxygens (including phenoxy) is 5. The summed E-state index contributed by atoms with van der Waals surface area (Å²) >= 11 is 0. The molecule has 2 heterocycles. The normalized spacial score (nSPS) is 24.5. The Hall–Kier alpha value is -4.01. The summed E-state index contributed by atoms with van der Waals surface area (Å²) < 4.78 is 31.7. The van der Waals surface area contributed by atoms with Crippen LogP contribution in [0, 0.1) is 24.7 Å². The van der Waals surface area contributed by atoms with Gasteiger partial charge in [-0.2, -0.15) is 0 Å². The van der Waals surface area contributed by atoms with Gasteiger partial charge >= 0.3 is 6.09 Å². The second kappa shape index (κ2) is 20.6. The third-order valence-electron chi connectivity index (χ3n) is 10.9. The number of oxime groups is 1. The summed E-state index contributed by atoms with van der Waals surface area (Å²) in [6, 6.07) is 11.0. The van der Waals surface area contributed by atoms with Crippen LogP contribution in [0.2, 0.25) is 0 Å². The lowest BCUT2D eigenvalue weighted by atomic mass is 9.55. The molecule has 1 aliphatic heterocycles. The van der Waals surface area contributed by atoms with Crippen LogP contribution in [0.1, 0.15) is 88.6 Å². The third kappa shape index (κ3) is 10.7. The SMILES string of the molecule is C=CCO[C@@]12Oc3ccc(OCc4cccc(C)n4)cc3[C@H]3[C@H](CCCCO)[C@@H](CCCCO)C=C(C(=NOC(C)(C)C)C[C@@H]1N(CCOCCO)C(=O)OC)[C@H]32. The molecule has 6 atom stereocenters. The van der Waals surface area contributed by atoms with E-state index in [0.717, 1.165) is 48.2 Å². The molecule has 1 amide bonds. The van der Waals surface area contributed by atoms with Crippen molar-refractivity contribution in [3.8, 4) is 11.5 Å². The molecule has 2 aliphatic carbocycles. The molecule has 0 bridgehead atoms. The molecule has 13 nitrogen and oxygen atoms in total. The molecule has 0 spiro atoms. The number of hydrogen-bond donors (Lipinski definition) is 3. The highest BCUT2D eigenvalue weighted by molar-refractivity contribution is 6.03. The van der Waals surface area contributed by atoms with Gasteiger partial charge < -0.3 is 43.8 Å². The lowest BCUT2D eigenvalue weighted by molar-refractivity contribution is -0.256. The number of hydrogen-bond acceptors (Lipinski definition) is 12. The first-order valence-corrected chi connectivity index (χ1v) is 20.3. The van der Waals surface area contributed by atoms with E-state index >= 15 is 0 Å². The largest absolute Gasteiger partial charge is 0.487 e. The van der Waals surface area contributed by atoms with Gasteiger partial charge in [-0.3, -0.25) is 9.88 Å². The van der Waals surface area contributed by atoms with E-state index in [2.05, 4.69) is 23.7 Å². The lowest BCUT2D eigenvalue weighted by Crippen LogP contribution is -2.70. The molecule has 0 unspecified atom stereocenters. The zero-order valence-electron chi connectivity index (χ0n) is 34.4. The minimum absolute atomic E-state index is 0.0510. The Labute approximate surface area is 337 Å². The summed E-state index contributed by atoms with van der Waals surface area (Å²) in [5.41, 5.74) is 3.68. The predicted molar refractivity (Wildman–Crippen MR) is 216 cm³/mol. The number of aliphatic hydroxyl groups excluding tert-OH is 3. The van der Waals surface area contributed by atoms with Crippen molar-refractivity contribution < 1.29 is 48.6 Å². The first kappa shape index (κ1) is 44.1. The van der Waals surface area contributed by atoms with Crippen molar-refractivity contribution in [1.29, 1.82) is 0 Å². The van der Waals surface area contributed by atoms with Gasteiger partial charge in [0, 0.05) is 43.4 Å². The number of amides is 1. The van der Waals surface area contributed by atoms with Crippen LogP contribution in [-0.4, -0.2) is 108 Å². The minimum atomic E-state index is -1.44. The summed E-state index contributed by atoms with van der Waals surface area (Å²) in [6.45, 7) is 12.6. The number of fused-ring (bicyclic) bond motifs is 2. The van der Waals surface area contributed by atoms with E-state index in [1.807, 2.05) is 58.0 Å². The van der Waals surface area contributed by atoms with E-state index in [-0.39, 0.29) is 77.0 Å². The van der Waals surface area contributed by atoms with Crippen molar-refractivity contribution in [2.45, 2.75) is 103 Å². The maximum atomic E-state index is 13.9. The molecule has 13 heteroatoms. The van der Waals surface area contributed by atoms with Crippen molar-refractivity contribution >= 4 is 11.8 Å². The zero-order chi connectivity index (χ0) is 41.0. The Morgan fingerprint density at radius 1 is 1.07 bits per heavy atom. The van der Waals surface area contributed by atoms with Gasteiger partial charge in [0.1, 0.15) is 29.7 Å². The number of carbonyl (C=O) groups excluding carboxylic acids is 1. The molecular weight excluding hydrogens is 730 g/mol. The second-order valence-corrected chi connectivity index (χ2v) is 16.0. The quantitative estimate of drug-likeness (QED) is 0.0721. The standard InChI is InChI=1S/C44H63N3O10/c1-7-23-55-44-39(47(42(51)52-6)19-24-53-25-22-50)28-37(46-57-43(3,4)5)35-26-31(14-8-10-20-48)34(16-9-11-21-49)40(41(35)44)36-27-33(17-18-38(36)56-44)54-29-32-15-12-13-30(2)45-32/h7,12-13,15,17-18,26-27,31,34,39-41,48-50H,1,8-11,14,16,19-25,28-29H2,2-6H3/t31-,34+,39-,40+,41+,44+/m0/s1. The van der Waals surface area contributed by atoms with Crippen LogP contribution < -0.4 is 9.47 Å². The number of allylic oxidation sites excluding steroid dienone is 1. The van der Waals surface area contributed by atoms with Crippen LogP contribution in [-0.2, 0) is 25.7 Å². The van der Waals surface area contributed by atoms with Gasteiger partial charge in [-0.1, -0.05) is 36.2 Å². The van der Waals surface area contributed by atoms with E-state index in [9.17, 15) is 20.1 Å². The molecule has 1 fully saturated rings. The van der Waals surface area contributed by atoms with Crippen molar-refractivity contribution in [2.24, 2.45) is 22.9 Å². The summed E-state index contributed by atoms with van der Waals surface area (Å²) in [4.78, 5) is 26.3. The first-order chi connectivity index (χ1) is 27.5. The van der Waals surface area contributed by atoms with Crippen LogP contribution in [0.25, 0.3) is 0 Å². The molecule has 0 saturated heterocycles. The van der Waals surface area contributed by atoms with Gasteiger partial charge in [-0.25, -0.2) is 4.79 Å². The average molecular weight is 794 g/mol. The molecule has 314 valence electrons. The van der Waals surface area contributed by atoms with E-state index in [4.69, 9.17) is 33.7 Å². The van der Waals surface area contributed by atoms with Crippen LogP contribution in [0.3, 0.4) is 0 Å². The van der Waals surface area contributed by atoms with Gasteiger partial charge in [-0.05, 0) is 101 Å². The Kier molecular flexibility index (Phi) is 15.9. The molecule has 1 aromatic heterocycles. The summed E-state index contributed by atoms with van der Waals surface area (Å²) in [5, 5.41) is 34.0. The average Bonchev–Trinajstić information content (AvgIpc) is 3.19. The highest BCUT2D eigenvalue weighted by Crippen LogP contribution is 2.62. The zero-order valence-corrected chi connectivity index (χ0v) is 34.4. The van der Waals surface area contributed by atoms with E-state index in [1.165, 1.54) is 7.11 Å². The highest BCUT2D eigenvalue weighted by atomic mass is 16.7. The number of carbonyl (C=O) groups is 1. The topological polar surface area (TPSA) is 162 Å². The van der Waals surface area contributed by atoms with Gasteiger partial charge in [0.2, 0.25) is 5.79 Å². The molecule has 57 heavy (non-hydrogen) atoms. The fraction of sp³-hybridized carbons (Fsp3) is 0.614. The van der Waals surface area contributed by atoms with Crippen molar-refractivity contribution in [1.82, 2.24) is 9.88 Å². The van der Waals surface area contributed by atoms with Gasteiger partial charge in [-0.15, -0.1) is 6.58 Å². The summed E-state index contributed by atoms with van der Waals surface area (Å²) in [5.74, 6) is -0.741. The number of pyridine rings is 1. The fourth-order valence-corrected chi connectivity index (χ4v) is 8.59. The first-order valence-electron chi connectivity index (χ1n) is 20.3. The monoisotopic (exact) mass is 793 g/mol. The number of aliphatic hydroxyl groups is 3. The minimum Gasteiger partial charge on any atom is -0.487 e. The number of nitrogens with zero attached hydrogens (tertiary/aromatic N) is 3. The number of benzene rings is 1. The molecule has 3 N–H and O–H groups in total. The van der Waals surface area contributed by atoms with Crippen molar-refractivity contribution in [3.05, 3.63) is 77.7 Å². The Morgan fingerprint density at radius 2 is 1.84 bits per heavy atom. The number of rotatable bonds is 21. The fourth-order valence-electron chi connectivity index (χ4n) is 8.59. The van der Waals surface area contributed by atoms with Crippen LogP contribution >= 0.6 is 0 Å². The lowest BCUT2D eigenvalue weighted by Gasteiger charge is -2.59. The molecule has 2 aromatic rings. The maximum Gasteiger partial charge on any atom is 0.410 e. The number of aromatic nitrogens is 1. The molecule has 0 radical (unpaired) electrons. The van der Waals surface area contributed by atoms with E-state index in [1.54, 1.807) is 11.0 Å². The highest BCUT2D eigenvalue weighted by Gasteiger charge is 2.65. The third-order valence-corrected chi connectivity index (χ3v) is 10.9. The molecule has 1 aromatic carbocycles. The second-order valence-electron chi connectivity index (χ2n) is 16.0. The number of aryl methyl sites for hydroxylation is 1. The molecule has 3 aliphatic rings. The summed E-state index contributed by atoms with van der Waals surface area (Å²) in [6.07, 6.45) is 8.20. The van der Waals surface area contributed by atoms with Crippen LogP contribution in [0.15, 0.2) is 65.9 Å². The predicted octanol–water partition coefficient (Wildman–Crippen LogP) is 6.48. The Morgan fingerprint density at radius 3 is 2.53 bits per heavy atom. The Bertz CT molecular complexity index is 1690. The Balaban J connectivity index is 1.75. The number of unbranched alkanes of at least 4 members (excludes halogenated alkanes) is 2. The summed E-state index contributed by atoms with van der Waals surface area (Å²) in [7, 11) is 1.34. The van der Waals surface area contributed by atoms with Gasteiger partial charge in [0.05, 0.1) is 50.9 Å². The molecule has 1 saturated carbocycles. The maximum absolute atomic E-state index is 13.9. The smallest absolute Gasteiger partial charge is 0.410 e. The van der Waals surface area contributed by atoms with Gasteiger partial charge in [0.25, 0.3) is 0 Å². The van der Waals surface area contributed by atoms with Crippen LogP contribution in [0.5, 0.6) is 11.5 Å². The number of methoxy groups -OCH3 is 1. The van der Waals surface area contributed by atoms with E-state index in [0.29, 0.717) is 30.1 Å². The molecular formula is C44H63N3O10.